The number of hydrogen-bond donors (Lipinski definition) is 3. The summed E-state index contributed by atoms with van der Waals surface area (Å²) < 4.78 is 5.92. The number of allylic oxidation sites excluding steroid dienone is 13. The largest absolute Gasteiger partial charge is 0.480 e. The second-order valence-corrected chi connectivity index (χ2v) is 14.4. The summed E-state index contributed by atoms with van der Waals surface area (Å²) >= 11 is 0. The average molecular weight is 765 g/mol. The first-order valence-electron chi connectivity index (χ1n) is 21.9. The van der Waals surface area contributed by atoms with E-state index in [4.69, 9.17) is 10.5 Å². The van der Waals surface area contributed by atoms with E-state index in [9.17, 15) is 19.5 Å². The molecule has 0 aromatic rings. The molecule has 0 spiro atoms. The van der Waals surface area contributed by atoms with Crippen LogP contribution in [-0.2, 0) is 19.1 Å². The van der Waals surface area contributed by atoms with E-state index in [1.54, 1.807) is 0 Å². The van der Waals surface area contributed by atoms with Crippen LogP contribution in [0.15, 0.2) is 85.1 Å². The molecule has 4 N–H and O–H groups in total. The Bertz CT molecular complexity index is 1130. The van der Waals surface area contributed by atoms with Gasteiger partial charge in [-0.2, -0.15) is 0 Å². The lowest BCUT2D eigenvalue weighted by Crippen LogP contribution is -2.40. The number of aliphatic carboxylic acids is 1. The molecular formula is C48H80N2O5. The SMILES string of the molecule is CC/C=C\C/C=C\C/C=C\C/C=C\C/C=C\C/C=C\CCC(=O)OC(/C=C\CCCCCCCCC)CCCCCCCCC(=O)NC(CCCN)C(=O)O. The molecule has 0 saturated carbocycles. The van der Waals surface area contributed by atoms with Gasteiger partial charge in [0.1, 0.15) is 12.1 Å². The third-order valence-electron chi connectivity index (χ3n) is 9.19. The summed E-state index contributed by atoms with van der Waals surface area (Å²) in [5, 5.41) is 11.9. The number of carbonyl (C=O) groups is 3. The highest BCUT2D eigenvalue weighted by Crippen LogP contribution is 2.15. The van der Waals surface area contributed by atoms with E-state index in [0.29, 0.717) is 38.6 Å². The molecule has 7 heteroatoms. The van der Waals surface area contributed by atoms with Gasteiger partial charge in [-0.05, 0) is 103 Å². The van der Waals surface area contributed by atoms with Crippen LogP contribution >= 0.6 is 0 Å². The van der Waals surface area contributed by atoms with Crippen molar-refractivity contribution in [3.63, 3.8) is 0 Å². The van der Waals surface area contributed by atoms with Crippen LogP contribution in [0, 0.1) is 0 Å². The summed E-state index contributed by atoms with van der Waals surface area (Å²) in [6.45, 7) is 4.80. The zero-order valence-corrected chi connectivity index (χ0v) is 35.0. The van der Waals surface area contributed by atoms with Gasteiger partial charge >= 0.3 is 11.9 Å². The monoisotopic (exact) mass is 765 g/mol. The molecule has 0 aliphatic heterocycles. The van der Waals surface area contributed by atoms with Crippen molar-refractivity contribution < 1.29 is 24.2 Å². The number of carbonyl (C=O) groups excluding carboxylic acids is 2. The summed E-state index contributed by atoms with van der Waals surface area (Å²) in [6, 6.07) is -0.862. The van der Waals surface area contributed by atoms with Crippen LogP contribution in [0.3, 0.4) is 0 Å². The van der Waals surface area contributed by atoms with Crippen molar-refractivity contribution in [2.45, 2.75) is 193 Å². The second-order valence-electron chi connectivity index (χ2n) is 14.4. The molecule has 7 nitrogen and oxygen atoms in total. The minimum Gasteiger partial charge on any atom is -0.480 e. The summed E-state index contributed by atoms with van der Waals surface area (Å²) in [6.07, 6.45) is 55.1. The summed E-state index contributed by atoms with van der Waals surface area (Å²) in [4.78, 5) is 36.2. The quantitative estimate of drug-likeness (QED) is 0.0327. The molecule has 1 amide bonds. The highest BCUT2D eigenvalue weighted by molar-refractivity contribution is 5.83. The summed E-state index contributed by atoms with van der Waals surface area (Å²) in [5.41, 5.74) is 5.47. The number of hydrogen-bond acceptors (Lipinski definition) is 5. The highest BCUT2D eigenvalue weighted by Gasteiger charge is 2.18. The van der Waals surface area contributed by atoms with Crippen molar-refractivity contribution >= 4 is 17.8 Å². The fourth-order valence-corrected chi connectivity index (χ4v) is 5.91. The van der Waals surface area contributed by atoms with E-state index >= 15 is 0 Å². The van der Waals surface area contributed by atoms with Crippen molar-refractivity contribution in [3.05, 3.63) is 85.1 Å². The Balaban J connectivity index is 4.42. The molecule has 0 aromatic carbocycles. The molecule has 0 saturated heterocycles. The number of carboxylic acids is 1. The fourth-order valence-electron chi connectivity index (χ4n) is 5.91. The van der Waals surface area contributed by atoms with Crippen molar-refractivity contribution in [2.24, 2.45) is 5.73 Å². The van der Waals surface area contributed by atoms with Gasteiger partial charge < -0.3 is 20.9 Å². The molecule has 55 heavy (non-hydrogen) atoms. The first-order chi connectivity index (χ1) is 26.9. The Labute approximate surface area is 336 Å². The molecule has 0 fully saturated rings. The molecule has 0 aliphatic rings. The lowest BCUT2D eigenvalue weighted by Gasteiger charge is -2.15. The lowest BCUT2D eigenvalue weighted by molar-refractivity contribution is -0.147. The maximum atomic E-state index is 12.7. The van der Waals surface area contributed by atoms with Crippen molar-refractivity contribution in [3.8, 4) is 0 Å². The predicted molar refractivity (Wildman–Crippen MR) is 234 cm³/mol. The summed E-state index contributed by atoms with van der Waals surface area (Å²) in [5.74, 6) is -1.36. The van der Waals surface area contributed by atoms with Crippen LogP contribution in [0.1, 0.15) is 181 Å². The standard InChI is InChI=1S/C48H80N2O5/c1-3-5-7-9-11-13-14-15-16-17-18-19-20-21-22-24-26-32-36-42-47(52)55-44(38-33-29-25-23-12-10-8-6-4-2)39-34-30-27-28-31-35-41-46(51)50-45(48(53)54)40-37-43-49/h5,7,11,13,15-16,18-19,21-22,26,32-33,38,44-45H,3-4,6,8-10,12,14,17,20,23-25,27-31,34-37,39-43,49H2,1-2H3,(H,50,51)(H,53,54)/b7-5-,13-11-,16-15-,19-18-,22-21-,32-26-,38-33-. The van der Waals surface area contributed by atoms with Crippen LogP contribution in [0.25, 0.3) is 0 Å². The van der Waals surface area contributed by atoms with Gasteiger partial charge in [0.2, 0.25) is 5.91 Å². The van der Waals surface area contributed by atoms with Gasteiger partial charge in [0.05, 0.1) is 0 Å². The molecule has 2 unspecified atom stereocenters. The Morgan fingerprint density at radius 2 is 1.07 bits per heavy atom. The third-order valence-corrected chi connectivity index (χ3v) is 9.19. The van der Waals surface area contributed by atoms with Gasteiger partial charge in [0.25, 0.3) is 0 Å². The van der Waals surface area contributed by atoms with Gasteiger partial charge in [-0.3, -0.25) is 9.59 Å². The first kappa shape index (κ1) is 51.5. The molecule has 2 atom stereocenters. The maximum absolute atomic E-state index is 12.7. The van der Waals surface area contributed by atoms with Gasteiger partial charge in [0.15, 0.2) is 0 Å². The van der Waals surface area contributed by atoms with E-state index in [2.05, 4.69) is 104 Å². The second kappa shape index (κ2) is 41.7. The Morgan fingerprint density at radius 3 is 1.62 bits per heavy atom. The van der Waals surface area contributed by atoms with Crippen LogP contribution < -0.4 is 11.1 Å². The minimum absolute atomic E-state index is 0.142. The van der Waals surface area contributed by atoms with E-state index in [1.165, 1.54) is 44.9 Å². The number of ether oxygens (including phenoxy) is 1. The molecule has 312 valence electrons. The first-order valence-corrected chi connectivity index (χ1v) is 21.9. The number of amides is 1. The smallest absolute Gasteiger partial charge is 0.326 e. The number of carboxylic acid groups (broad SMARTS) is 1. The van der Waals surface area contributed by atoms with Crippen LogP contribution in [0.5, 0.6) is 0 Å². The molecule has 0 bridgehead atoms. The zero-order chi connectivity index (χ0) is 40.3. The highest BCUT2D eigenvalue weighted by atomic mass is 16.5. The number of unbranched alkanes of at least 4 members (excludes halogenated alkanes) is 12. The van der Waals surface area contributed by atoms with Crippen LogP contribution in [0.4, 0.5) is 0 Å². The molecular weight excluding hydrogens is 685 g/mol. The van der Waals surface area contributed by atoms with E-state index < -0.39 is 12.0 Å². The van der Waals surface area contributed by atoms with Gasteiger partial charge in [-0.1, -0.05) is 157 Å². The van der Waals surface area contributed by atoms with E-state index in [1.807, 2.05) is 0 Å². The van der Waals surface area contributed by atoms with Crippen LogP contribution in [-0.4, -0.2) is 41.6 Å². The predicted octanol–water partition coefficient (Wildman–Crippen LogP) is 12.5. The molecule has 0 heterocycles. The number of nitrogens with one attached hydrogen (secondary N) is 1. The third kappa shape index (κ3) is 38.6. The van der Waals surface area contributed by atoms with E-state index in [0.717, 1.165) is 89.9 Å². The van der Waals surface area contributed by atoms with Crippen LogP contribution in [0.2, 0.25) is 0 Å². The molecule has 0 aliphatic carbocycles. The average Bonchev–Trinajstić information content (AvgIpc) is 3.17. The fraction of sp³-hybridized carbons (Fsp3) is 0.646. The molecule has 0 rings (SSSR count). The minimum atomic E-state index is -1.01. The Morgan fingerprint density at radius 1 is 0.564 bits per heavy atom. The topological polar surface area (TPSA) is 119 Å². The van der Waals surface area contributed by atoms with Crippen molar-refractivity contribution in [1.82, 2.24) is 5.32 Å². The lowest BCUT2D eigenvalue weighted by atomic mass is 10.0. The summed E-state index contributed by atoms with van der Waals surface area (Å²) in [7, 11) is 0. The molecule has 0 radical (unpaired) electrons. The van der Waals surface area contributed by atoms with Gasteiger partial charge in [-0.15, -0.1) is 0 Å². The normalized spacial score (nSPS) is 13.5. The van der Waals surface area contributed by atoms with Crippen molar-refractivity contribution in [1.29, 1.82) is 0 Å². The Kier molecular flexibility index (Phi) is 39.1. The van der Waals surface area contributed by atoms with E-state index in [-0.39, 0.29) is 18.0 Å². The Hall–Kier alpha value is -3.45. The maximum Gasteiger partial charge on any atom is 0.326 e. The molecule has 0 aromatic heterocycles. The number of esters is 1. The van der Waals surface area contributed by atoms with Gasteiger partial charge in [-0.25, -0.2) is 4.79 Å². The van der Waals surface area contributed by atoms with Gasteiger partial charge in [0, 0.05) is 12.8 Å². The zero-order valence-electron chi connectivity index (χ0n) is 35.0. The van der Waals surface area contributed by atoms with Crippen molar-refractivity contribution in [2.75, 3.05) is 6.54 Å². The number of rotatable bonds is 38. The number of nitrogens with two attached hydrogens (primary N) is 1.